The molecule has 0 radical (unpaired) electrons. The van der Waals surface area contributed by atoms with Crippen LogP contribution >= 0.6 is 33.3 Å². The number of rotatable bonds is 1. The predicted octanol–water partition coefficient (Wildman–Crippen LogP) is -1.02. The Kier molecular flexibility index (Phi) is 4.30. The second-order valence-corrected chi connectivity index (χ2v) is 13.1. The number of fused-ring (bicyclic) bond motifs is 4. The van der Waals surface area contributed by atoms with Crippen LogP contribution in [0.3, 0.4) is 0 Å². The Bertz CT molecular complexity index is 934. The molecule has 0 spiro atoms. The van der Waals surface area contributed by atoms with Crippen LogP contribution in [0.15, 0.2) is 0 Å². The minimum absolute atomic E-state index is 0.0398. The molecule has 2 saturated carbocycles. The maximum absolute atomic E-state index is 14.2. The molecule has 12 heteroatoms. The number of amides is 2. The van der Waals surface area contributed by atoms with Crippen LogP contribution in [-0.2, 0) is 19.2 Å². The van der Waals surface area contributed by atoms with Crippen LogP contribution in [0.25, 0.3) is 0 Å². The highest BCUT2D eigenvalue weighted by Gasteiger charge is 2.77. The summed E-state index contributed by atoms with van der Waals surface area (Å²) in [6.45, 7) is 0. The molecule has 0 aromatic heterocycles. The Labute approximate surface area is 190 Å². The number of aliphatic hydroxyl groups is 3. The van der Waals surface area contributed by atoms with E-state index in [0.717, 1.165) is 11.8 Å². The number of carbonyl (C=O) groups excluding carboxylic acids is 4. The first-order valence-corrected chi connectivity index (χ1v) is 13.8. The molecule has 2 aliphatic carbocycles. The smallest absolute Gasteiger partial charge is 0.261 e. The van der Waals surface area contributed by atoms with Crippen molar-refractivity contribution in [3.63, 3.8) is 0 Å². The van der Waals surface area contributed by atoms with Gasteiger partial charge in [-0.2, -0.15) is 0 Å². The van der Waals surface area contributed by atoms with Gasteiger partial charge in [0.1, 0.15) is 17.7 Å². The zero-order valence-electron chi connectivity index (χ0n) is 16.5. The third-order valence-corrected chi connectivity index (χ3v) is 12.7. The lowest BCUT2D eigenvalue weighted by molar-refractivity contribution is -0.173. The highest BCUT2D eigenvalue weighted by atomic mass is 33.1. The number of hydrogen-bond acceptors (Lipinski definition) is 10. The molecule has 0 aromatic carbocycles. The van der Waals surface area contributed by atoms with Crippen LogP contribution in [0.1, 0.15) is 25.7 Å². The molecule has 6 fully saturated rings. The van der Waals surface area contributed by atoms with Crippen molar-refractivity contribution >= 4 is 56.7 Å². The number of nitrogens with zero attached hydrogens (tertiary/aromatic N) is 2. The quantitative estimate of drug-likeness (QED) is 0.395. The van der Waals surface area contributed by atoms with Crippen LogP contribution in [0, 0.1) is 11.8 Å². The van der Waals surface area contributed by atoms with E-state index < -0.39 is 69.0 Å². The summed E-state index contributed by atoms with van der Waals surface area (Å²) in [4.78, 5) is 53.9. The van der Waals surface area contributed by atoms with Gasteiger partial charge in [-0.05, 0) is 6.26 Å². The molecule has 10 atom stereocenters. The molecule has 31 heavy (non-hydrogen) atoms. The van der Waals surface area contributed by atoms with E-state index in [1.165, 1.54) is 31.4 Å². The van der Waals surface area contributed by atoms with E-state index in [2.05, 4.69) is 0 Å². The van der Waals surface area contributed by atoms with Crippen LogP contribution in [0.2, 0.25) is 0 Å². The van der Waals surface area contributed by atoms with Gasteiger partial charge in [0.05, 0.1) is 29.5 Å². The Morgan fingerprint density at radius 3 is 2.26 bits per heavy atom. The summed E-state index contributed by atoms with van der Waals surface area (Å²) in [6.07, 6.45) is -1.66. The maximum Gasteiger partial charge on any atom is 0.261 e. The number of hydrogen-bond donors (Lipinski definition) is 3. The highest BCUT2D eigenvalue weighted by Crippen LogP contribution is 2.65. The fourth-order valence-electron chi connectivity index (χ4n) is 6.63. The van der Waals surface area contributed by atoms with Crippen molar-refractivity contribution in [1.82, 2.24) is 9.80 Å². The molecular weight excluding hydrogens is 464 g/mol. The predicted molar refractivity (Wildman–Crippen MR) is 113 cm³/mol. The van der Waals surface area contributed by atoms with Crippen LogP contribution in [0.4, 0.5) is 0 Å². The van der Waals surface area contributed by atoms with Crippen molar-refractivity contribution in [2.45, 2.75) is 71.1 Å². The van der Waals surface area contributed by atoms with E-state index in [1.807, 2.05) is 0 Å². The third kappa shape index (κ3) is 2.24. The standard InChI is InChI=1S/C19H22N2O7S3/c1-29-18-4-6-8(22)2-10(24)14(25)12(6)20(18)17(28)19-5-7-9(23)3-11(30-31-19)15(26)13(7)21(19)16(18)27/h6-7,10-15,24-26H,2-5H2,1H3/t6-,7-,10-,11+,12-,13-,14-,15-,18+,19+/m0/s1. The van der Waals surface area contributed by atoms with Gasteiger partial charge < -0.3 is 25.1 Å². The first-order valence-electron chi connectivity index (χ1n) is 10.3. The fourth-order valence-corrected chi connectivity index (χ4v) is 11.2. The summed E-state index contributed by atoms with van der Waals surface area (Å²) in [7, 11) is 2.49. The van der Waals surface area contributed by atoms with Crippen molar-refractivity contribution in [1.29, 1.82) is 0 Å². The van der Waals surface area contributed by atoms with Gasteiger partial charge in [-0.25, -0.2) is 0 Å². The first-order chi connectivity index (χ1) is 14.7. The molecule has 3 bridgehead atoms. The van der Waals surface area contributed by atoms with E-state index >= 15 is 0 Å². The summed E-state index contributed by atoms with van der Waals surface area (Å²) >= 11 is 1.15. The molecule has 0 unspecified atom stereocenters. The van der Waals surface area contributed by atoms with Crippen molar-refractivity contribution < 1.29 is 34.5 Å². The van der Waals surface area contributed by atoms with Gasteiger partial charge in [-0.15, -0.1) is 11.8 Å². The Morgan fingerprint density at radius 1 is 0.903 bits per heavy atom. The molecule has 6 aliphatic rings. The van der Waals surface area contributed by atoms with Crippen LogP contribution < -0.4 is 0 Å². The molecule has 4 heterocycles. The molecular formula is C19H22N2O7S3. The second kappa shape index (κ2) is 6.41. The average molecular weight is 487 g/mol. The van der Waals surface area contributed by atoms with Gasteiger partial charge in [0.2, 0.25) is 0 Å². The number of ketones is 2. The van der Waals surface area contributed by atoms with Gasteiger partial charge >= 0.3 is 0 Å². The van der Waals surface area contributed by atoms with E-state index in [9.17, 15) is 34.5 Å². The summed E-state index contributed by atoms with van der Waals surface area (Å²) in [6, 6.07) is -1.74. The SMILES string of the molecule is CS[C@@]12C[C@H]3C(=O)C[C@H](O)[C@H](O)[C@H]3N1C(=O)[C@@]13C[C@H]4C(=O)C[C@@H](SS1)[C@H](O)[C@H]4N3C2=O. The molecule has 4 aliphatic heterocycles. The molecule has 0 aromatic rings. The molecule has 3 N–H and O–H groups in total. The maximum atomic E-state index is 14.2. The topological polar surface area (TPSA) is 135 Å². The molecule has 2 amide bonds. The second-order valence-electron chi connectivity index (χ2n) is 9.33. The molecule has 168 valence electrons. The lowest BCUT2D eigenvalue weighted by Crippen LogP contribution is -2.75. The summed E-state index contributed by atoms with van der Waals surface area (Å²) in [5.74, 6) is -2.45. The van der Waals surface area contributed by atoms with E-state index in [-0.39, 0.29) is 37.2 Å². The number of aliphatic hydroxyl groups excluding tert-OH is 3. The van der Waals surface area contributed by atoms with Crippen molar-refractivity contribution in [3.05, 3.63) is 0 Å². The zero-order chi connectivity index (χ0) is 22.0. The van der Waals surface area contributed by atoms with Crippen LogP contribution in [0.5, 0.6) is 0 Å². The summed E-state index contributed by atoms with van der Waals surface area (Å²) in [5, 5.41) is 31.7. The Balaban J connectivity index is 1.54. The third-order valence-electron chi connectivity index (χ3n) is 8.06. The van der Waals surface area contributed by atoms with Gasteiger partial charge in [0, 0.05) is 37.5 Å². The number of thioether (sulfide) groups is 1. The summed E-state index contributed by atoms with van der Waals surface area (Å²) in [5.41, 5.74) is 0. The van der Waals surface area contributed by atoms with Gasteiger partial charge in [0.15, 0.2) is 9.74 Å². The zero-order valence-corrected chi connectivity index (χ0v) is 19.0. The number of piperazine rings is 1. The van der Waals surface area contributed by atoms with E-state index in [1.54, 1.807) is 6.26 Å². The van der Waals surface area contributed by atoms with Crippen molar-refractivity contribution in [2.75, 3.05) is 6.26 Å². The van der Waals surface area contributed by atoms with Crippen molar-refractivity contribution in [2.24, 2.45) is 11.8 Å². The van der Waals surface area contributed by atoms with E-state index in [0.29, 0.717) is 0 Å². The lowest BCUT2D eigenvalue weighted by atomic mass is 9.79. The molecule has 9 nitrogen and oxygen atoms in total. The first kappa shape index (κ1) is 20.8. The number of Topliss-reactive ketones (excluding diaryl/α,β-unsaturated/α-hetero) is 2. The molecule has 6 rings (SSSR count). The fraction of sp³-hybridized carbons (Fsp3) is 0.789. The Hall–Kier alpha value is -0.790. The van der Waals surface area contributed by atoms with E-state index in [4.69, 9.17) is 0 Å². The minimum Gasteiger partial charge on any atom is -0.390 e. The lowest BCUT2D eigenvalue weighted by Gasteiger charge is -2.54. The largest absolute Gasteiger partial charge is 0.390 e. The molecule has 4 saturated heterocycles. The Morgan fingerprint density at radius 2 is 1.55 bits per heavy atom. The monoisotopic (exact) mass is 486 g/mol. The van der Waals surface area contributed by atoms with Gasteiger partial charge in [-0.1, -0.05) is 21.6 Å². The number of carbonyl (C=O) groups is 4. The average Bonchev–Trinajstić information content (AvgIpc) is 3.25. The summed E-state index contributed by atoms with van der Waals surface area (Å²) < 4.78 is 0. The van der Waals surface area contributed by atoms with Crippen molar-refractivity contribution in [3.8, 4) is 0 Å². The van der Waals surface area contributed by atoms with Gasteiger partial charge in [-0.3, -0.25) is 19.2 Å². The van der Waals surface area contributed by atoms with Crippen LogP contribution in [-0.4, -0.2) is 100 Å². The van der Waals surface area contributed by atoms with Gasteiger partial charge in [0.25, 0.3) is 11.8 Å². The minimum atomic E-state index is -1.41. The highest BCUT2D eigenvalue weighted by molar-refractivity contribution is 8.77. The normalized spacial score (nSPS) is 52.9.